The van der Waals surface area contributed by atoms with E-state index in [0.717, 1.165) is 4.47 Å². The van der Waals surface area contributed by atoms with E-state index in [1.54, 1.807) is 18.2 Å². The number of rotatable bonds is 4. The van der Waals surface area contributed by atoms with Gasteiger partial charge in [-0.05, 0) is 18.2 Å². The molecule has 0 fully saturated rings. The first-order chi connectivity index (χ1) is 7.21. The second-order valence-electron chi connectivity index (χ2n) is 3.01. The molecule has 0 aliphatic heterocycles. The molecule has 1 aromatic rings. The molecule has 5 heteroatoms. The van der Waals surface area contributed by atoms with E-state index in [1.165, 1.54) is 0 Å². The van der Waals surface area contributed by atoms with Crippen molar-refractivity contribution in [1.82, 2.24) is 0 Å². The zero-order valence-corrected chi connectivity index (χ0v) is 9.53. The van der Waals surface area contributed by atoms with Crippen molar-refractivity contribution in [1.29, 1.82) is 5.26 Å². The van der Waals surface area contributed by atoms with Gasteiger partial charge in [-0.15, -0.1) is 0 Å². The summed E-state index contributed by atoms with van der Waals surface area (Å²) >= 11 is 3.28. The van der Waals surface area contributed by atoms with Gasteiger partial charge < -0.3 is 15.5 Å². The number of hydrogen-bond donors (Lipinski definition) is 3. The number of nitrogens with one attached hydrogen (secondary N) is 1. The number of halogens is 1. The van der Waals surface area contributed by atoms with Gasteiger partial charge in [-0.2, -0.15) is 5.26 Å². The predicted octanol–water partition coefficient (Wildman–Crippen LogP) is 1.09. The van der Waals surface area contributed by atoms with E-state index in [9.17, 15) is 0 Å². The van der Waals surface area contributed by atoms with Crippen LogP contribution < -0.4 is 5.32 Å². The molecule has 3 N–H and O–H groups in total. The van der Waals surface area contributed by atoms with Gasteiger partial charge in [-0.1, -0.05) is 15.9 Å². The van der Waals surface area contributed by atoms with Gasteiger partial charge in [0.05, 0.1) is 30.5 Å². The summed E-state index contributed by atoms with van der Waals surface area (Å²) in [5, 5.41) is 29.5. The highest BCUT2D eigenvalue weighted by molar-refractivity contribution is 9.10. The van der Waals surface area contributed by atoms with Gasteiger partial charge in [-0.25, -0.2) is 0 Å². The molecule has 0 saturated carbocycles. The van der Waals surface area contributed by atoms with Crippen molar-refractivity contribution >= 4 is 21.6 Å². The molecule has 15 heavy (non-hydrogen) atoms. The minimum atomic E-state index is -0.452. The van der Waals surface area contributed by atoms with Crippen LogP contribution in [-0.2, 0) is 0 Å². The zero-order valence-electron chi connectivity index (χ0n) is 7.94. The van der Waals surface area contributed by atoms with Crippen molar-refractivity contribution < 1.29 is 10.2 Å². The number of nitriles is 1. The molecule has 0 amide bonds. The van der Waals surface area contributed by atoms with Crippen LogP contribution in [0.1, 0.15) is 5.56 Å². The third kappa shape index (κ3) is 3.20. The average molecular weight is 271 g/mol. The van der Waals surface area contributed by atoms with Gasteiger partial charge in [0, 0.05) is 4.47 Å². The number of aliphatic hydroxyl groups is 2. The molecule has 0 saturated heterocycles. The Hall–Kier alpha value is -1.09. The lowest BCUT2D eigenvalue weighted by molar-refractivity contribution is 0.204. The minimum absolute atomic E-state index is 0.187. The molecule has 0 aromatic heterocycles. The summed E-state index contributed by atoms with van der Waals surface area (Å²) in [6, 6.07) is 6.74. The van der Waals surface area contributed by atoms with Gasteiger partial charge in [-0.3, -0.25) is 0 Å². The number of aliphatic hydroxyl groups excluding tert-OH is 2. The Kier molecular flexibility index (Phi) is 4.56. The average Bonchev–Trinajstić information content (AvgIpc) is 2.26. The molecular formula is C10H11BrN2O2. The molecule has 0 aliphatic rings. The number of hydrogen-bond acceptors (Lipinski definition) is 4. The fourth-order valence-corrected chi connectivity index (χ4v) is 1.46. The second kappa shape index (κ2) is 5.71. The highest BCUT2D eigenvalue weighted by Gasteiger charge is 2.08. The standard InChI is InChI=1S/C10H11BrN2O2/c11-8-2-1-7(4-12)10(3-8)13-9(5-14)6-15/h1-3,9,13-15H,5-6H2. The van der Waals surface area contributed by atoms with Crippen LogP contribution in [0.3, 0.4) is 0 Å². The largest absolute Gasteiger partial charge is 0.394 e. The minimum Gasteiger partial charge on any atom is -0.394 e. The van der Waals surface area contributed by atoms with Crippen molar-refractivity contribution in [3.05, 3.63) is 28.2 Å². The van der Waals surface area contributed by atoms with Crippen LogP contribution in [0.4, 0.5) is 5.69 Å². The fourth-order valence-electron chi connectivity index (χ4n) is 1.10. The topological polar surface area (TPSA) is 76.3 Å². The maximum Gasteiger partial charge on any atom is 0.101 e. The summed E-state index contributed by atoms with van der Waals surface area (Å²) in [4.78, 5) is 0. The first-order valence-corrected chi connectivity index (χ1v) is 5.18. The molecule has 4 nitrogen and oxygen atoms in total. The van der Waals surface area contributed by atoms with Crippen molar-refractivity contribution in [2.45, 2.75) is 6.04 Å². The van der Waals surface area contributed by atoms with Crippen LogP contribution in [0.25, 0.3) is 0 Å². The zero-order chi connectivity index (χ0) is 11.3. The summed E-state index contributed by atoms with van der Waals surface area (Å²) in [6.07, 6.45) is 0. The van der Waals surface area contributed by atoms with E-state index in [2.05, 4.69) is 21.2 Å². The third-order valence-electron chi connectivity index (χ3n) is 1.90. The van der Waals surface area contributed by atoms with Crippen LogP contribution in [0.2, 0.25) is 0 Å². The molecule has 1 aromatic carbocycles. The van der Waals surface area contributed by atoms with Crippen molar-refractivity contribution in [3.63, 3.8) is 0 Å². The quantitative estimate of drug-likeness (QED) is 0.766. The predicted molar refractivity (Wildman–Crippen MR) is 60.4 cm³/mol. The summed E-state index contributed by atoms with van der Waals surface area (Å²) in [5.41, 5.74) is 1.07. The summed E-state index contributed by atoms with van der Waals surface area (Å²) in [7, 11) is 0. The van der Waals surface area contributed by atoms with Crippen molar-refractivity contribution in [2.24, 2.45) is 0 Å². The van der Waals surface area contributed by atoms with E-state index in [1.807, 2.05) is 6.07 Å². The van der Waals surface area contributed by atoms with Crippen LogP contribution >= 0.6 is 15.9 Å². The van der Waals surface area contributed by atoms with Crippen LogP contribution in [0.15, 0.2) is 22.7 Å². The normalized spacial score (nSPS) is 10.1. The Morgan fingerprint density at radius 1 is 1.40 bits per heavy atom. The smallest absolute Gasteiger partial charge is 0.101 e. The molecule has 0 aliphatic carbocycles. The maximum absolute atomic E-state index is 8.90. The highest BCUT2D eigenvalue weighted by Crippen LogP contribution is 2.21. The van der Waals surface area contributed by atoms with Crippen LogP contribution in [-0.4, -0.2) is 29.5 Å². The SMILES string of the molecule is N#Cc1ccc(Br)cc1NC(CO)CO. The summed E-state index contributed by atoms with van der Waals surface area (Å²) in [6.45, 7) is -0.373. The lowest BCUT2D eigenvalue weighted by Crippen LogP contribution is -2.28. The van der Waals surface area contributed by atoms with E-state index in [4.69, 9.17) is 15.5 Å². The van der Waals surface area contributed by atoms with Gasteiger partial charge in [0.2, 0.25) is 0 Å². The molecular weight excluding hydrogens is 260 g/mol. The van der Waals surface area contributed by atoms with Crippen molar-refractivity contribution in [2.75, 3.05) is 18.5 Å². The van der Waals surface area contributed by atoms with Gasteiger partial charge >= 0.3 is 0 Å². The van der Waals surface area contributed by atoms with Gasteiger partial charge in [0.1, 0.15) is 6.07 Å². The molecule has 0 bridgehead atoms. The first kappa shape index (κ1) is 12.0. The van der Waals surface area contributed by atoms with E-state index in [-0.39, 0.29) is 13.2 Å². The van der Waals surface area contributed by atoms with E-state index < -0.39 is 6.04 Å². The highest BCUT2D eigenvalue weighted by atomic mass is 79.9. The molecule has 0 atom stereocenters. The van der Waals surface area contributed by atoms with Crippen LogP contribution in [0, 0.1) is 11.3 Å². The number of benzene rings is 1. The molecule has 0 radical (unpaired) electrons. The molecule has 80 valence electrons. The first-order valence-electron chi connectivity index (χ1n) is 4.39. The van der Waals surface area contributed by atoms with E-state index >= 15 is 0 Å². The Balaban J connectivity index is 2.92. The van der Waals surface area contributed by atoms with Crippen molar-refractivity contribution in [3.8, 4) is 6.07 Å². The number of nitrogens with zero attached hydrogens (tertiary/aromatic N) is 1. The fraction of sp³-hybridized carbons (Fsp3) is 0.300. The Bertz CT molecular complexity index is 372. The summed E-state index contributed by atoms with van der Waals surface area (Å²) in [5.74, 6) is 0. The third-order valence-corrected chi connectivity index (χ3v) is 2.40. The molecule has 0 spiro atoms. The molecule has 0 unspecified atom stereocenters. The Morgan fingerprint density at radius 3 is 2.60 bits per heavy atom. The lowest BCUT2D eigenvalue weighted by Gasteiger charge is -2.15. The Morgan fingerprint density at radius 2 is 2.07 bits per heavy atom. The lowest BCUT2D eigenvalue weighted by atomic mass is 10.2. The Labute approximate surface area is 96.3 Å². The summed E-state index contributed by atoms with van der Waals surface area (Å²) < 4.78 is 0.832. The van der Waals surface area contributed by atoms with Gasteiger partial charge in [0.25, 0.3) is 0 Å². The monoisotopic (exact) mass is 270 g/mol. The van der Waals surface area contributed by atoms with E-state index in [0.29, 0.717) is 11.3 Å². The molecule has 1 rings (SSSR count). The van der Waals surface area contributed by atoms with Gasteiger partial charge in [0.15, 0.2) is 0 Å². The molecule has 0 heterocycles. The second-order valence-corrected chi connectivity index (χ2v) is 3.92. The van der Waals surface area contributed by atoms with Crippen LogP contribution in [0.5, 0.6) is 0 Å². The number of anilines is 1. The maximum atomic E-state index is 8.90.